The first-order chi connectivity index (χ1) is 5.40. The van der Waals surface area contributed by atoms with Crippen molar-refractivity contribution in [3.63, 3.8) is 0 Å². The van der Waals surface area contributed by atoms with E-state index in [0.29, 0.717) is 24.5 Å². The van der Waals surface area contributed by atoms with E-state index in [1.54, 1.807) is 0 Å². The summed E-state index contributed by atoms with van der Waals surface area (Å²) in [5, 5.41) is 9.15. The van der Waals surface area contributed by atoms with Crippen LogP contribution in [0.4, 0.5) is 0 Å². The zero-order valence-electron chi connectivity index (χ0n) is 6.57. The lowest BCUT2D eigenvalue weighted by Gasteiger charge is -2.24. The lowest BCUT2D eigenvalue weighted by molar-refractivity contribution is 0.0929. The van der Waals surface area contributed by atoms with Crippen molar-refractivity contribution in [1.29, 1.82) is 0 Å². The van der Waals surface area contributed by atoms with Gasteiger partial charge in [-0.2, -0.15) is 0 Å². The van der Waals surface area contributed by atoms with Crippen LogP contribution in [0.2, 0.25) is 0 Å². The molecule has 5 atom stereocenters. The molecule has 0 spiro atoms. The van der Waals surface area contributed by atoms with Crippen LogP contribution < -0.4 is 0 Å². The van der Waals surface area contributed by atoms with Gasteiger partial charge in [0.05, 0.1) is 12.7 Å². The van der Waals surface area contributed by atoms with E-state index in [4.69, 9.17) is 9.84 Å². The topological polar surface area (TPSA) is 29.5 Å². The average molecular weight is 154 g/mol. The molecule has 3 aliphatic rings. The van der Waals surface area contributed by atoms with Gasteiger partial charge in [0.1, 0.15) is 0 Å². The summed E-state index contributed by atoms with van der Waals surface area (Å²) in [4.78, 5) is 0. The van der Waals surface area contributed by atoms with Gasteiger partial charge in [-0.05, 0) is 36.5 Å². The highest BCUT2D eigenvalue weighted by atomic mass is 16.5. The molecule has 62 valence electrons. The Labute approximate surface area is 66.5 Å². The molecule has 0 amide bonds. The minimum Gasteiger partial charge on any atom is -0.396 e. The Kier molecular flexibility index (Phi) is 1.16. The van der Waals surface area contributed by atoms with Gasteiger partial charge in [-0.1, -0.05) is 0 Å². The SMILES string of the molecule is OCC1C2COC(C2)C2CC12. The summed E-state index contributed by atoms with van der Waals surface area (Å²) in [7, 11) is 0. The zero-order chi connectivity index (χ0) is 7.42. The van der Waals surface area contributed by atoms with Crippen LogP contribution in [0.15, 0.2) is 0 Å². The van der Waals surface area contributed by atoms with Crippen molar-refractivity contribution >= 4 is 0 Å². The molecule has 3 fully saturated rings. The Morgan fingerprint density at radius 2 is 2.18 bits per heavy atom. The molecule has 2 heteroatoms. The normalized spacial score (nSPS) is 59.2. The fourth-order valence-corrected chi connectivity index (χ4v) is 3.07. The second kappa shape index (κ2) is 1.99. The number of aliphatic hydroxyl groups is 1. The summed E-state index contributed by atoms with van der Waals surface area (Å²) in [5.74, 6) is 2.92. The molecule has 1 saturated heterocycles. The second-order valence-electron chi connectivity index (χ2n) is 4.28. The van der Waals surface area contributed by atoms with Crippen LogP contribution in [-0.2, 0) is 4.74 Å². The quantitative estimate of drug-likeness (QED) is 0.601. The first kappa shape index (κ1) is 6.44. The van der Waals surface area contributed by atoms with Crippen molar-refractivity contribution in [3.8, 4) is 0 Å². The Balaban J connectivity index is 1.85. The van der Waals surface area contributed by atoms with Crippen molar-refractivity contribution in [2.45, 2.75) is 18.9 Å². The Morgan fingerprint density at radius 3 is 3.00 bits per heavy atom. The van der Waals surface area contributed by atoms with Gasteiger partial charge in [0, 0.05) is 6.61 Å². The summed E-state index contributed by atoms with van der Waals surface area (Å²) in [5.41, 5.74) is 0. The Bertz CT molecular complexity index is 180. The van der Waals surface area contributed by atoms with E-state index in [0.717, 1.165) is 18.4 Å². The number of aliphatic hydroxyl groups excluding tert-OH is 1. The number of hydrogen-bond donors (Lipinski definition) is 1. The maximum atomic E-state index is 9.15. The number of rotatable bonds is 1. The fourth-order valence-electron chi connectivity index (χ4n) is 3.07. The molecule has 5 unspecified atom stereocenters. The summed E-state index contributed by atoms with van der Waals surface area (Å²) >= 11 is 0. The van der Waals surface area contributed by atoms with E-state index < -0.39 is 0 Å². The van der Waals surface area contributed by atoms with E-state index >= 15 is 0 Å². The molecule has 0 aromatic carbocycles. The van der Waals surface area contributed by atoms with Crippen molar-refractivity contribution in [3.05, 3.63) is 0 Å². The Morgan fingerprint density at radius 1 is 1.27 bits per heavy atom. The van der Waals surface area contributed by atoms with Gasteiger partial charge in [0.2, 0.25) is 0 Å². The Hall–Kier alpha value is -0.0800. The second-order valence-corrected chi connectivity index (χ2v) is 4.28. The monoisotopic (exact) mass is 154 g/mol. The minimum absolute atomic E-state index is 0.391. The third kappa shape index (κ3) is 0.744. The average Bonchev–Trinajstić information content (AvgIpc) is 2.69. The maximum absolute atomic E-state index is 9.15. The first-order valence-corrected chi connectivity index (χ1v) is 4.62. The van der Waals surface area contributed by atoms with Crippen LogP contribution in [0.3, 0.4) is 0 Å². The van der Waals surface area contributed by atoms with Crippen LogP contribution in [0.25, 0.3) is 0 Å². The van der Waals surface area contributed by atoms with Crippen molar-refractivity contribution in [2.24, 2.45) is 23.7 Å². The third-order valence-corrected chi connectivity index (χ3v) is 3.79. The number of ether oxygens (including phenoxy) is 1. The van der Waals surface area contributed by atoms with E-state index in [-0.39, 0.29) is 0 Å². The van der Waals surface area contributed by atoms with Gasteiger partial charge < -0.3 is 9.84 Å². The molecule has 2 nitrogen and oxygen atoms in total. The molecule has 11 heavy (non-hydrogen) atoms. The van der Waals surface area contributed by atoms with Crippen molar-refractivity contribution in [2.75, 3.05) is 13.2 Å². The smallest absolute Gasteiger partial charge is 0.0609 e. The highest BCUT2D eigenvalue weighted by molar-refractivity contribution is 5.05. The van der Waals surface area contributed by atoms with Crippen LogP contribution >= 0.6 is 0 Å². The predicted molar refractivity (Wildman–Crippen MR) is 40.0 cm³/mol. The molecule has 0 radical (unpaired) electrons. The van der Waals surface area contributed by atoms with Gasteiger partial charge in [-0.3, -0.25) is 0 Å². The lowest BCUT2D eigenvalue weighted by Crippen LogP contribution is -2.26. The third-order valence-electron chi connectivity index (χ3n) is 3.79. The molecule has 0 aromatic rings. The van der Waals surface area contributed by atoms with E-state index in [2.05, 4.69) is 0 Å². The van der Waals surface area contributed by atoms with Gasteiger partial charge in [-0.25, -0.2) is 0 Å². The molecule has 1 heterocycles. The van der Waals surface area contributed by atoms with Gasteiger partial charge in [0.15, 0.2) is 0 Å². The van der Waals surface area contributed by atoms with Crippen LogP contribution in [0, 0.1) is 23.7 Å². The van der Waals surface area contributed by atoms with E-state index in [1.165, 1.54) is 12.8 Å². The van der Waals surface area contributed by atoms with Crippen molar-refractivity contribution in [1.82, 2.24) is 0 Å². The highest BCUT2D eigenvalue weighted by Crippen LogP contribution is 2.58. The van der Waals surface area contributed by atoms with E-state index in [9.17, 15) is 0 Å². The molecular formula is C9H14O2. The maximum Gasteiger partial charge on any atom is 0.0609 e. The molecular weight excluding hydrogens is 140 g/mol. The highest BCUT2D eigenvalue weighted by Gasteiger charge is 2.57. The molecule has 2 saturated carbocycles. The largest absolute Gasteiger partial charge is 0.396 e. The molecule has 1 N–H and O–H groups in total. The molecule has 0 aromatic heterocycles. The summed E-state index contributed by atoms with van der Waals surface area (Å²) in [6.45, 7) is 1.31. The summed E-state index contributed by atoms with van der Waals surface area (Å²) in [6.07, 6.45) is 3.13. The zero-order valence-corrected chi connectivity index (χ0v) is 6.57. The fraction of sp³-hybridized carbons (Fsp3) is 1.00. The van der Waals surface area contributed by atoms with Crippen LogP contribution in [-0.4, -0.2) is 24.4 Å². The van der Waals surface area contributed by atoms with Crippen molar-refractivity contribution < 1.29 is 9.84 Å². The molecule has 2 bridgehead atoms. The molecule has 2 aliphatic carbocycles. The standard InChI is InChI=1S/C9H14O2/c10-3-8-5-1-9(11-4-5)7-2-6(7)8/h5-10H,1-4H2. The van der Waals surface area contributed by atoms with E-state index in [1.807, 2.05) is 0 Å². The van der Waals surface area contributed by atoms with Gasteiger partial charge in [-0.15, -0.1) is 0 Å². The molecule has 1 aliphatic heterocycles. The summed E-state index contributed by atoms with van der Waals surface area (Å²) < 4.78 is 5.65. The summed E-state index contributed by atoms with van der Waals surface area (Å²) in [6, 6.07) is 0. The first-order valence-electron chi connectivity index (χ1n) is 4.62. The lowest BCUT2D eigenvalue weighted by atomic mass is 9.81. The minimum atomic E-state index is 0.391. The van der Waals surface area contributed by atoms with Gasteiger partial charge in [0.25, 0.3) is 0 Å². The molecule has 3 rings (SSSR count). The van der Waals surface area contributed by atoms with Crippen LogP contribution in [0.1, 0.15) is 12.8 Å². The predicted octanol–water partition coefficient (Wildman–Crippen LogP) is 0.650. The number of fused-ring (bicyclic) bond motifs is 4. The number of hydrogen-bond acceptors (Lipinski definition) is 2. The van der Waals surface area contributed by atoms with Crippen LogP contribution in [0.5, 0.6) is 0 Å². The van der Waals surface area contributed by atoms with Gasteiger partial charge >= 0.3 is 0 Å².